The van der Waals surface area contributed by atoms with Crippen LogP contribution < -0.4 is 15.4 Å². The Labute approximate surface area is 182 Å². The minimum Gasteiger partial charge on any atom is -0.332 e. The van der Waals surface area contributed by atoms with Crippen LogP contribution in [0.25, 0.3) is 0 Å². The first kappa shape index (κ1) is 22.1. The van der Waals surface area contributed by atoms with Crippen molar-refractivity contribution in [3.63, 3.8) is 0 Å². The van der Waals surface area contributed by atoms with E-state index < -0.39 is 10.0 Å². The van der Waals surface area contributed by atoms with Crippen molar-refractivity contribution >= 4 is 44.9 Å². The predicted octanol–water partition coefficient (Wildman–Crippen LogP) is 3.29. The Morgan fingerprint density at radius 3 is 2.23 bits per heavy atom. The number of rotatable bonds is 5. The summed E-state index contributed by atoms with van der Waals surface area (Å²) in [4.78, 5) is 20.5. The molecule has 0 unspecified atom stereocenters. The molecule has 1 heterocycles. The highest BCUT2D eigenvalue weighted by Crippen LogP contribution is 2.23. The van der Waals surface area contributed by atoms with E-state index >= 15 is 0 Å². The predicted molar refractivity (Wildman–Crippen MR) is 120 cm³/mol. The van der Waals surface area contributed by atoms with Gasteiger partial charge in [0, 0.05) is 23.0 Å². The first-order valence-electron chi connectivity index (χ1n) is 9.80. The van der Waals surface area contributed by atoms with Gasteiger partial charge in [0.15, 0.2) is 5.11 Å². The minimum atomic E-state index is -3.83. The molecule has 0 spiro atoms. The third-order valence-corrected chi connectivity index (χ3v) is 6.39. The van der Waals surface area contributed by atoms with Gasteiger partial charge in [-0.2, -0.15) is 0 Å². The van der Waals surface area contributed by atoms with Gasteiger partial charge in [-0.15, -0.1) is 0 Å². The summed E-state index contributed by atoms with van der Waals surface area (Å²) in [5.41, 5.74) is 1.91. The Balaban J connectivity index is 1.60. The molecular weight excluding hydrogens is 422 g/mol. The zero-order chi connectivity index (χ0) is 21.7. The second-order valence-corrected chi connectivity index (χ2v) is 9.47. The molecule has 1 aromatic carbocycles. The summed E-state index contributed by atoms with van der Waals surface area (Å²) >= 11 is 5.21. The topological polar surface area (TPSA) is 113 Å². The lowest BCUT2D eigenvalue weighted by molar-refractivity contribution is -0.124. The van der Waals surface area contributed by atoms with E-state index in [1.54, 1.807) is 32.0 Å². The molecular formula is C20H25N5O3S2. The summed E-state index contributed by atoms with van der Waals surface area (Å²) in [6, 6.07) is 7.80. The molecule has 10 heteroatoms. The van der Waals surface area contributed by atoms with E-state index in [1.165, 1.54) is 18.6 Å². The number of hydrogen-bond donors (Lipinski definition) is 3. The van der Waals surface area contributed by atoms with Gasteiger partial charge in [-0.3, -0.25) is 4.79 Å². The average molecular weight is 448 g/mol. The fourth-order valence-electron chi connectivity index (χ4n) is 3.41. The van der Waals surface area contributed by atoms with E-state index in [2.05, 4.69) is 25.3 Å². The van der Waals surface area contributed by atoms with Crippen LogP contribution in [-0.2, 0) is 14.8 Å². The van der Waals surface area contributed by atoms with Gasteiger partial charge in [0.05, 0.1) is 4.90 Å². The van der Waals surface area contributed by atoms with Crippen LogP contribution in [0.4, 0.5) is 11.6 Å². The molecule has 1 aliphatic carbocycles. The van der Waals surface area contributed by atoms with Crippen molar-refractivity contribution in [2.45, 2.75) is 50.8 Å². The number of aromatic nitrogens is 2. The molecule has 160 valence electrons. The molecule has 3 N–H and O–H groups in total. The van der Waals surface area contributed by atoms with Crippen LogP contribution in [0.2, 0.25) is 0 Å². The van der Waals surface area contributed by atoms with E-state index in [0.717, 1.165) is 25.7 Å². The van der Waals surface area contributed by atoms with Crippen LogP contribution >= 0.6 is 12.2 Å². The Hall–Kier alpha value is -2.59. The van der Waals surface area contributed by atoms with Crippen molar-refractivity contribution in [2.75, 3.05) is 10.0 Å². The number of aryl methyl sites for hydroxylation is 2. The van der Waals surface area contributed by atoms with Crippen LogP contribution in [0, 0.1) is 19.8 Å². The molecule has 0 saturated heterocycles. The summed E-state index contributed by atoms with van der Waals surface area (Å²) < 4.78 is 27.6. The number of carbonyl (C=O) groups excluding carboxylic acids is 1. The highest BCUT2D eigenvalue weighted by atomic mass is 32.2. The molecule has 0 atom stereocenters. The Morgan fingerprint density at radius 2 is 1.63 bits per heavy atom. The summed E-state index contributed by atoms with van der Waals surface area (Å²) in [6.45, 7) is 3.53. The molecule has 0 aliphatic heterocycles. The molecule has 0 bridgehead atoms. The largest absolute Gasteiger partial charge is 0.332 e. The molecule has 1 aliphatic rings. The number of carbonyl (C=O) groups is 1. The molecule has 1 saturated carbocycles. The maximum absolute atomic E-state index is 12.6. The normalized spacial score (nSPS) is 14.7. The first-order valence-corrected chi connectivity index (χ1v) is 11.7. The zero-order valence-corrected chi connectivity index (χ0v) is 18.6. The smallest absolute Gasteiger partial charge is 0.264 e. The molecule has 0 radical (unpaired) electrons. The standard InChI is InChI=1S/C20H25N5O3S2/c1-13-12-14(2)22-19(21-13)25-30(27,28)17-10-8-16(9-11-17)23-20(29)24-18(26)15-6-4-3-5-7-15/h8-12,15H,3-7H2,1-2H3,(H,21,22,25)(H2,23,24,26,29). The van der Waals surface area contributed by atoms with Gasteiger partial charge in [-0.25, -0.2) is 23.1 Å². The summed E-state index contributed by atoms with van der Waals surface area (Å²) in [5.74, 6) is -0.0325. The van der Waals surface area contributed by atoms with Gasteiger partial charge < -0.3 is 10.6 Å². The van der Waals surface area contributed by atoms with Crippen molar-refractivity contribution in [1.29, 1.82) is 0 Å². The van der Waals surface area contributed by atoms with Crippen LogP contribution in [-0.4, -0.2) is 29.4 Å². The molecule has 1 fully saturated rings. The number of nitrogens with one attached hydrogen (secondary N) is 3. The molecule has 8 nitrogen and oxygen atoms in total. The van der Waals surface area contributed by atoms with Crippen LogP contribution in [0.15, 0.2) is 35.2 Å². The third-order valence-electron chi connectivity index (χ3n) is 4.84. The van der Waals surface area contributed by atoms with Crippen LogP contribution in [0.1, 0.15) is 43.5 Å². The van der Waals surface area contributed by atoms with Gasteiger partial charge in [0.1, 0.15) is 0 Å². The van der Waals surface area contributed by atoms with Crippen molar-refractivity contribution in [1.82, 2.24) is 15.3 Å². The van der Waals surface area contributed by atoms with E-state index in [4.69, 9.17) is 12.2 Å². The molecule has 1 amide bonds. The number of nitrogens with zero attached hydrogens (tertiary/aromatic N) is 2. The summed E-state index contributed by atoms with van der Waals surface area (Å²) in [5, 5.41) is 5.83. The quantitative estimate of drug-likeness (QED) is 0.603. The first-order chi connectivity index (χ1) is 14.2. The number of thiocarbonyl (C=S) groups is 1. The van der Waals surface area contributed by atoms with Crippen LogP contribution in [0.3, 0.4) is 0 Å². The highest BCUT2D eigenvalue weighted by molar-refractivity contribution is 7.92. The van der Waals surface area contributed by atoms with E-state index in [0.29, 0.717) is 17.1 Å². The number of sulfonamides is 1. The lowest BCUT2D eigenvalue weighted by Crippen LogP contribution is -2.38. The zero-order valence-electron chi connectivity index (χ0n) is 16.9. The van der Waals surface area contributed by atoms with Gasteiger partial charge in [-0.05, 0) is 69.2 Å². The van der Waals surface area contributed by atoms with Crippen molar-refractivity contribution in [2.24, 2.45) is 5.92 Å². The SMILES string of the molecule is Cc1cc(C)nc(NS(=O)(=O)c2ccc(NC(=S)NC(=O)C3CCCCC3)cc2)n1. The average Bonchev–Trinajstić information content (AvgIpc) is 2.67. The number of hydrogen-bond acceptors (Lipinski definition) is 6. The van der Waals surface area contributed by atoms with Crippen molar-refractivity contribution in [3.05, 3.63) is 41.7 Å². The van der Waals surface area contributed by atoms with Gasteiger partial charge in [0.25, 0.3) is 10.0 Å². The highest BCUT2D eigenvalue weighted by Gasteiger charge is 2.22. The Kier molecular flexibility index (Phi) is 6.99. The molecule has 3 rings (SSSR count). The number of benzene rings is 1. The second kappa shape index (κ2) is 9.48. The van der Waals surface area contributed by atoms with E-state index in [-0.39, 0.29) is 27.8 Å². The Morgan fingerprint density at radius 1 is 1.03 bits per heavy atom. The fourth-order valence-corrected chi connectivity index (χ4v) is 4.57. The minimum absolute atomic E-state index is 0.00423. The third kappa shape index (κ3) is 5.96. The molecule has 2 aromatic rings. The maximum atomic E-state index is 12.6. The van der Waals surface area contributed by atoms with Crippen molar-refractivity contribution in [3.8, 4) is 0 Å². The van der Waals surface area contributed by atoms with Gasteiger partial charge in [0.2, 0.25) is 11.9 Å². The van der Waals surface area contributed by atoms with Crippen LogP contribution in [0.5, 0.6) is 0 Å². The molecule has 1 aromatic heterocycles. The number of anilines is 2. The molecule has 30 heavy (non-hydrogen) atoms. The van der Waals surface area contributed by atoms with Gasteiger partial charge in [-0.1, -0.05) is 19.3 Å². The second-order valence-electron chi connectivity index (χ2n) is 7.38. The maximum Gasteiger partial charge on any atom is 0.264 e. The van der Waals surface area contributed by atoms with E-state index in [1.807, 2.05) is 0 Å². The van der Waals surface area contributed by atoms with Crippen molar-refractivity contribution < 1.29 is 13.2 Å². The number of amides is 1. The Bertz CT molecular complexity index is 1010. The summed E-state index contributed by atoms with van der Waals surface area (Å²) in [6.07, 6.45) is 5.08. The van der Waals surface area contributed by atoms with E-state index in [9.17, 15) is 13.2 Å². The summed E-state index contributed by atoms with van der Waals surface area (Å²) in [7, 11) is -3.83. The van der Waals surface area contributed by atoms with Gasteiger partial charge >= 0.3 is 0 Å². The lowest BCUT2D eigenvalue weighted by Gasteiger charge is -2.21. The lowest BCUT2D eigenvalue weighted by atomic mass is 9.89. The fraction of sp³-hybridized carbons (Fsp3) is 0.400. The monoisotopic (exact) mass is 447 g/mol.